The van der Waals surface area contributed by atoms with Gasteiger partial charge in [0.05, 0.1) is 0 Å². The van der Waals surface area contributed by atoms with Crippen molar-refractivity contribution >= 4 is 17.5 Å². The van der Waals surface area contributed by atoms with Gasteiger partial charge in [-0.3, -0.25) is 4.79 Å². The number of rotatable bonds is 1. The van der Waals surface area contributed by atoms with Crippen molar-refractivity contribution in [3.05, 3.63) is 34.9 Å². The summed E-state index contributed by atoms with van der Waals surface area (Å²) in [5.41, 5.74) is 0.711. The number of benzene rings is 1. The van der Waals surface area contributed by atoms with Crippen molar-refractivity contribution in [3.8, 4) is 0 Å². The van der Waals surface area contributed by atoms with Crippen molar-refractivity contribution < 1.29 is 4.79 Å². The maximum atomic E-state index is 12.3. The van der Waals surface area contributed by atoms with Gasteiger partial charge in [0.15, 0.2) is 0 Å². The molecule has 0 spiro atoms. The number of carbonyl (C=O) groups excluding carboxylic acids is 1. The number of nitrogens with one attached hydrogen (secondary N) is 1. The predicted octanol–water partition coefficient (Wildman–Crippen LogP) is 2.16. The molecular weight excluding hydrogens is 236 g/mol. The zero-order valence-electron chi connectivity index (χ0n) is 9.95. The van der Waals surface area contributed by atoms with E-state index in [2.05, 4.69) is 12.2 Å². The van der Waals surface area contributed by atoms with Gasteiger partial charge in [0.1, 0.15) is 0 Å². The van der Waals surface area contributed by atoms with Gasteiger partial charge in [0, 0.05) is 29.7 Å². The minimum absolute atomic E-state index is 0.0952. The Balaban J connectivity index is 2.15. The number of nitrogens with zero attached hydrogens (tertiary/aromatic N) is 1. The van der Waals surface area contributed by atoms with Gasteiger partial charge >= 0.3 is 0 Å². The van der Waals surface area contributed by atoms with Crippen LogP contribution in [0, 0.1) is 0 Å². The van der Waals surface area contributed by atoms with E-state index in [0.29, 0.717) is 10.6 Å². The second-order valence-electron chi connectivity index (χ2n) is 4.41. The third-order valence-corrected chi connectivity index (χ3v) is 3.33. The van der Waals surface area contributed by atoms with E-state index in [-0.39, 0.29) is 11.9 Å². The molecule has 4 heteroatoms. The van der Waals surface area contributed by atoms with Crippen LogP contribution in [0.15, 0.2) is 24.3 Å². The SMILES string of the molecule is CC1CNCCCN1C(=O)c1ccc(Cl)cc1. The lowest BCUT2D eigenvalue weighted by molar-refractivity contribution is 0.0707. The average molecular weight is 253 g/mol. The van der Waals surface area contributed by atoms with Gasteiger partial charge in [-0.15, -0.1) is 0 Å². The number of hydrogen-bond acceptors (Lipinski definition) is 2. The molecule has 1 aromatic rings. The first kappa shape index (κ1) is 12.4. The van der Waals surface area contributed by atoms with Gasteiger partial charge in [-0.2, -0.15) is 0 Å². The Hall–Kier alpha value is -1.06. The summed E-state index contributed by atoms with van der Waals surface area (Å²) in [5.74, 6) is 0.0952. The number of hydrogen-bond donors (Lipinski definition) is 1. The van der Waals surface area contributed by atoms with Gasteiger partial charge in [-0.05, 0) is 44.2 Å². The van der Waals surface area contributed by atoms with Crippen molar-refractivity contribution in [2.24, 2.45) is 0 Å². The fraction of sp³-hybridized carbons (Fsp3) is 0.462. The highest BCUT2D eigenvalue weighted by Gasteiger charge is 2.22. The molecule has 0 aliphatic carbocycles. The van der Waals surface area contributed by atoms with Crippen LogP contribution in [0.4, 0.5) is 0 Å². The summed E-state index contributed by atoms with van der Waals surface area (Å²) in [6.07, 6.45) is 1.00. The Bertz CT molecular complexity index is 391. The third-order valence-electron chi connectivity index (χ3n) is 3.08. The lowest BCUT2D eigenvalue weighted by Gasteiger charge is -2.26. The van der Waals surface area contributed by atoms with Crippen LogP contribution in [0.2, 0.25) is 5.02 Å². The molecule has 0 radical (unpaired) electrons. The molecule has 1 aliphatic rings. The summed E-state index contributed by atoms with van der Waals surface area (Å²) in [7, 11) is 0. The maximum absolute atomic E-state index is 12.3. The van der Waals surface area contributed by atoms with Crippen molar-refractivity contribution in [3.63, 3.8) is 0 Å². The van der Waals surface area contributed by atoms with E-state index in [0.717, 1.165) is 26.1 Å². The number of carbonyl (C=O) groups is 1. The van der Waals surface area contributed by atoms with Crippen LogP contribution in [-0.4, -0.2) is 36.5 Å². The molecule has 92 valence electrons. The van der Waals surface area contributed by atoms with Gasteiger partial charge in [0.25, 0.3) is 5.91 Å². The Morgan fingerprint density at radius 1 is 1.41 bits per heavy atom. The molecule has 0 saturated carbocycles. The van der Waals surface area contributed by atoms with Gasteiger partial charge in [-0.1, -0.05) is 11.6 Å². The second kappa shape index (κ2) is 5.52. The Morgan fingerprint density at radius 3 is 2.82 bits per heavy atom. The van der Waals surface area contributed by atoms with E-state index in [9.17, 15) is 4.79 Å². The summed E-state index contributed by atoms with van der Waals surface area (Å²) in [6, 6.07) is 7.33. The molecule has 1 aliphatic heterocycles. The minimum atomic E-state index is 0.0952. The summed E-state index contributed by atoms with van der Waals surface area (Å²) in [4.78, 5) is 14.3. The molecule has 3 nitrogen and oxygen atoms in total. The van der Waals surface area contributed by atoms with Crippen LogP contribution < -0.4 is 5.32 Å². The van der Waals surface area contributed by atoms with Crippen molar-refractivity contribution in [1.82, 2.24) is 10.2 Å². The Morgan fingerprint density at radius 2 is 2.12 bits per heavy atom. The molecule has 1 aromatic carbocycles. The molecule has 1 fully saturated rings. The van der Waals surface area contributed by atoms with Crippen LogP contribution in [0.3, 0.4) is 0 Å². The molecule has 1 atom stereocenters. The largest absolute Gasteiger partial charge is 0.335 e. The highest BCUT2D eigenvalue weighted by atomic mass is 35.5. The molecule has 1 amide bonds. The smallest absolute Gasteiger partial charge is 0.254 e. The molecule has 1 unspecified atom stereocenters. The van der Waals surface area contributed by atoms with E-state index in [1.165, 1.54) is 0 Å². The van der Waals surface area contributed by atoms with Crippen LogP contribution in [0.1, 0.15) is 23.7 Å². The predicted molar refractivity (Wildman–Crippen MR) is 69.4 cm³/mol. The molecule has 17 heavy (non-hydrogen) atoms. The normalized spacial score (nSPS) is 21.1. The standard InChI is InChI=1S/C13H17ClN2O/c1-10-9-15-7-2-8-16(10)13(17)11-3-5-12(14)6-4-11/h3-6,10,15H,2,7-9H2,1H3. The number of halogens is 1. The average Bonchev–Trinajstić information content (AvgIpc) is 2.54. The van der Waals surface area contributed by atoms with Crippen molar-refractivity contribution in [2.45, 2.75) is 19.4 Å². The Kier molecular flexibility index (Phi) is 4.02. The maximum Gasteiger partial charge on any atom is 0.254 e. The summed E-state index contributed by atoms with van der Waals surface area (Å²) < 4.78 is 0. The molecule has 1 saturated heterocycles. The second-order valence-corrected chi connectivity index (χ2v) is 4.85. The fourth-order valence-corrected chi connectivity index (χ4v) is 2.20. The molecule has 1 N–H and O–H groups in total. The molecule has 1 heterocycles. The monoisotopic (exact) mass is 252 g/mol. The third kappa shape index (κ3) is 2.99. The highest BCUT2D eigenvalue weighted by molar-refractivity contribution is 6.30. The van der Waals surface area contributed by atoms with Crippen LogP contribution in [0.25, 0.3) is 0 Å². The highest BCUT2D eigenvalue weighted by Crippen LogP contribution is 2.14. The van der Waals surface area contributed by atoms with E-state index < -0.39 is 0 Å². The topological polar surface area (TPSA) is 32.3 Å². The minimum Gasteiger partial charge on any atom is -0.335 e. The molecule has 0 bridgehead atoms. The fourth-order valence-electron chi connectivity index (χ4n) is 2.08. The quantitative estimate of drug-likeness (QED) is 0.831. The van der Waals surface area contributed by atoms with E-state index in [1.807, 2.05) is 4.90 Å². The Labute approximate surface area is 107 Å². The van der Waals surface area contributed by atoms with E-state index in [4.69, 9.17) is 11.6 Å². The number of amides is 1. The van der Waals surface area contributed by atoms with E-state index >= 15 is 0 Å². The molecule has 0 aromatic heterocycles. The molecule has 2 rings (SSSR count). The lowest BCUT2D eigenvalue weighted by Crippen LogP contribution is -2.41. The van der Waals surface area contributed by atoms with E-state index in [1.54, 1.807) is 24.3 Å². The van der Waals surface area contributed by atoms with Crippen molar-refractivity contribution in [2.75, 3.05) is 19.6 Å². The summed E-state index contributed by atoms with van der Waals surface area (Å²) in [6.45, 7) is 4.73. The first-order chi connectivity index (χ1) is 8.18. The zero-order valence-corrected chi connectivity index (χ0v) is 10.7. The summed E-state index contributed by atoms with van der Waals surface area (Å²) in [5, 5.41) is 3.99. The van der Waals surface area contributed by atoms with Gasteiger partial charge < -0.3 is 10.2 Å². The lowest BCUT2D eigenvalue weighted by atomic mass is 10.1. The molecular formula is C13H17ClN2O. The van der Waals surface area contributed by atoms with Crippen LogP contribution in [-0.2, 0) is 0 Å². The van der Waals surface area contributed by atoms with Gasteiger partial charge in [-0.25, -0.2) is 0 Å². The van der Waals surface area contributed by atoms with Crippen LogP contribution >= 0.6 is 11.6 Å². The first-order valence-electron chi connectivity index (χ1n) is 5.96. The first-order valence-corrected chi connectivity index (χ1v) is 6.33. The van der Waals surface area contributed by atoms with Crippen molar-refractivity contribution in [1.29, 1.82) is 0 Å². The van der Waals surface area contributed by atoms with Crippen LogP contribution in [0.5, 0.6) is 0 Å². The zero-order chi connectivity index (χ0) is 12.3. The van der Waals surface area contributed by atoms with Gasteiger partial charge in [0.2, 0.25) is 0 Å². The summed E-state index contributed by atoms with van der Waals surface area (Å²) >= 11 is 5.82.